The molecule has 0 bridgehead atoms. The maximum Gasteiger partial charge on any atom is 0.231 e. The van der Waals surface area contributed by atoms with Gasteiger partial charge in [0.1, 0.15) is 5.75 Å². The molecular weight excluding hydrogens is 290 g/mol. The van der Waals surface area contributed by atoms with Crippen molar-refractivity contribution in [1.29, 1.82) is 0 Å². The second-order valence-corrected chi connectivity index (χ2v) is 5.67. The number of hydrogen-bond acceptors (Lipinski definition) is 5. The van der Waals surface area contributed by atoms with Crippen molar-refractivity contribution >= 4 is 11.6 Å². The molecule has 0 saturated heterocycles. The Kier molecular flexibility index (Phi) is 4.12. The number of nitrogens with one attached hydrogen (secondary N) is 1. The lowest BCUT2D eigenvalue weighted by Gasteiger charge is -2.14. The molecule has 1 aliphatic rings. The van der Waals surface area contributed by atoms with Gasteiger partial charge in [0.05, 0.1) is 18.6 Å². The molecule has 1 N–H and O–H groups in total. The SMILES string of the molecule is CNC1CCCC1c1nc(-c2ccc(Cl)cc2OC)no1. The van der Waals surface area contributed by atoms with E-state index in [1.165, 1.54) is 6.42 Å². The summed E-state index contributed by atoms with van der Waals surface area (Å²) >= 11 is 5.98. The number of methoxy groups -OCH3 is 1. The highest BCUT2D eigenvalue weighted by Crippen LogP contribution is 2.36. The lowest BCUT2D eigenvalue weighted by Crippen LogP contribution is -2.27. The van der Waals surface area contributed by atoms with Crippen molar-refractivity contribution in [2.75, 3.05) is 14.2 Å². The quantitative estimate of drug-likeness (QED) is 0.939. The van der Waals surface area contributed by atoms with E-state index in [0.29, 0.717) is 28.5 Å². The minimum absolute atomic E-state index is 0.287. The zero-order valence-corrected chi connectivity index (χ0v) is 12.9. The Hall–Kier alpha value is -1.59. The van der Waals surface area contributed by atoms with Crippen molar-refractivity contribution in [1.82, 2.24) is 15.5 Å². The number of likely N-dealkylation sites (N-methyl/N-ethyl adjacent to an activating group) is 1. The molecule has 0 radical (unpaired) electrons. The Balaban J connectivity index is 1.91. The van der Waals surface area contributed by atoms with Crippen LogP contribution in [0, 0.1) is 0 Å². The Morgan fingerprint density at radius 2 is 2.24 bits per heavy atom. The molecule has 1 heterocycles. The van der Waals surface area contributed by atoms with Crippen molar-refractivity contribution < 1.29 is 9.26 Å². The number of rotatable bonds is 4. The minimum atomic E-state index is 0.287. The Morgan fingerprint density at radius 3 is 3.00 bits per heavy atom. The molecule has 1 aromatic heterocycles. The fourth-order valence-corrected chi connectivity index (χ4v) is 3.11. The molecule has 2 atom stereocenters. The second-order valence-electron chi connectivity index (χ2n) is 5.23. The summed E-state index contributed by atoms with van der Waals surface area (Å²) in [5, 5.41) is 8.04. The number of aromatic nitrogens is 2. The van der Waals surface area contributed by atoms with Crippen LogP contribution in [-0.2, 0) is 0 Å². The van der Waals surface area contributed by atoms with Gasteiger partial charge in [-0.15, -0.1) is 0 Å². The van der Waals surface area contributed by atoms with Crippen LogP contribution < -0.4 is 10.1 Å². The van der Waals surface area contributed by atoms with Crippen LogP contribution >= 0.6 is 11.6 Å². The predicted octanol–water partition coefficient (Wildman–Crippen LogP) is 3.25. The summed E-state index contributed by atoms with van der Waals surface area (Å²) in [6, 6.07) is 5.80. The molecule has 2 aromatic rings. The zero-order chi connectivity index (χ0) is 14.8. The van der Waals surface area contributed by atoms with E-state index >= 15 is 0 Å². The van der Waals surface area contributed by atoms with Crippen LogP contribution in [0.4, 0.5) is 0 Å². The fourth-order valence-electron chi connectivity index (χ4n) is 2.95. The molecule has 21 heavy (non-hydrogen) atoms. The minimum Gasteiger partial charge on any atom is -0.496 e. The standard InChI is InChI=1S/C15H18ClN3O2/c1-17-12-5-3-4-10(12)15-18-14(19-21-15)11-7-6-9(16)8-13(11)20-2/h6-8,10,12,17H,3-5H2,1-2H3. The molecule has 1 saturated carbocycles. The normalized spacial score (nSPS) is 21.7. The number of hydrogen-bond donors (Lipinski definition) is 1. The zero-order valence-electron chi connectivity index (χ0n) is 12.1. The smallest absolute Gasteiger partial charge is 0.231 e. The van der Waals surface area contributed by atoms with Gasteiger partial charge < -0.3 is 14.6 Å². The van der Waals surface area contributed by atoms with E-state index in [-0.39, 0.29) is 5.92 Å². The third-order valence-electron chi connectivity index (χ3n) is 4.05. The van der Waals surface area contributed by atoms with Crippen molar-refractivity contribution in [3.63, 3.8) is 0 Å². The number of benzene rings is 1. The molecule has 5 nitrogen and oxygen atoms in total. The van der Waals surface area contributed by atoms with Gasteiger partial charge in [-0.3, -0.25) is 0 Å². The van der Waals surface area contributed by atoms with Gasteiger partial charge >= 0.3 is 0 Å². The summed E-state index contributed by atoms with van der Waals surface area (Å²) in [5.74, 6) is 2.17. The molecule has 1 aliphatic carbocycles. The van der Waals surface area contributed by atoms with E-state index < -0.39 is 0 Å². The van der Waals surface area contributed by atoms with Crippen LogP contribution in [0.1, 0.15) is 31.1 Å². The van der Waals surface area contributed by atoms with Gasteiger partial charge in [0.25, 0.3) is 0 Å². The maximum atomic E-state index is 5.98. The molecule has 0 amide bonds. The average Bonchev–Trinajstić information content (AvgIpc) is 3.15. The van der Waals surface area contributed by atoms with E-state index in [1.807, 2.05) is 13.1 Å². The van der Waals surface area contributed by atoms with Crippen LogP contribution in [0.5, 0.6) is 5.75 Å². The number of ether oxygens (including phenoxy) is 1. The summed E-state index contributed by atoms with van der Waals surface area (Å²) < 4.78 is 10.8. The molecule has 3 rings (SSSR count). The summed E-state index contributed by atoms with van der Waals surface area (Å²) in [7, 11) is 3.58. The van der Waals surface area contributed by atoms with E-state index in [0.717, 1.165) is 18.4 Å². The first kappa shape index (κ1) is 14.4. The highest BCUT2D eigenvalue weighted by molar-refractivity contribution is 6.30. The largest absolute Gasteiger partial charge is 0.496 e. The Bertz CT molecular complexity index is 629. The third kappa shape index (κ3) is 2.76. The summed E-state index contributed by atoms with van der Waals surface area (Å²) in [4.78, 5) is 4.56. The van der Waals surface area contributed by atoms with Gasteiger partial charge in [-0.2, -0.15) is 4.98 Å². The Labute approximate surface area is 128 Å². The van der Waals surface area contributed by atoms with Crippen LogP contribution in [0.15, 0.2) is 22.7 Å². The van der Waals surface area contributed by atoms with Gasteiger partial charge in [0.15, 0.2) is 0 Å². The van der Waals surface area contributed by atoms with E-state index in [4.69, 9.17) is 20.9 Å². The molecule has 0 aliphatic heterocycles. The van der Waals surface area contributed by atoms with Gasteiger partial charge in [0, 0.05) is 11.1 Å². The summed E-state index contributed by atoms with van der Waals surface area (Å²) in [6.07, 6.45) is 3.40. The van der Waals surface area contributed by atoms with Gasteiger partial charge in [-0.25, -0.2) is 0 Å². The summed E-state index contributed by atoms with van der Waals surface area (Å²) in [6.45, 7) is 0. The van der Waals surface area contributed by atoms with Crippen molar-refractivity contribution in [3.05, 3.63) is 29.1 Å². The molecule has 2 unspecified atom stereocenters. The summed E-state index contributed by atoms with van der Waals surface area (Å²) in [5.41, 5.74) is 0.788. The monoisotopic (exact) mass is 307 g/mol. The third-order valence-corrected chi connectivity index (χ3v) is 4.29. The highest BCUT2D eigenvalue weighted by Gasteiger charge is 2.32. The van der Waals surface area contributed by atoms with E-state index in [9.17, 15) is 0 Å². The first-order valence-corrected chi connectivity index (χ1v) is 7.45. The number of nitrogens with zero attached hydrogens (tertiary/aromatic N) is 2. The molecule has 1 aromatic carbocycles. The van der Waals surface area contributed by atoms with Gasteiger partial charge in [-0.05, 0) is 38.1 Å². The van der Waals surface area contributed by atoms with Crippen LogP contribution in [0.2, 0.25) is 5.02 Å². The van der Waals surface area contributed by atoms with E-state index in [1.54, 1.807) is 19.2 Å². The predicted molar refractivity (Wildman–Crippen MR) is 80.7 cm³/mol. The van der Waals surface area contributed by atoms with Gasteiger partial charge in [0.2, 0.25) is 11.7 Å². The highest BCUT2D eigenvalue weighted by atomic mass is 35.5. The number of halogens is 1. The van der Waals surface area contributed by atoms with Crippen molar-refractivity contribution in [2.24, 2.45) is 0 Å². The lowest BCUT2D eigenvalue weighted by molar-refractivity contribution is 0.335. The molecule has 1 fully saturated rings. The fraction of sp³-hybridized carbons (Fsp3) is 0.467. The molecular formula is C15H18ClN3O2. The van der Waals surface area contributed by atoms with Crippen molar-refractivity contribution in [3.8, 4) is 17.1 Å². The first-order chi connectivity index (χ1) is 10.2. The first-order valence-electron chi connectivity index (χ1n) is 7.07. The van der Waals surface area contributed by atoms with Crippen molar-refractivity contribution in [2.45, 2.75) is 31.2 Å². The van der Waals surface area contributed by atoms with Crippen LogP contribution in [0.25, 0.3) is 11.4 Å². The van der Waals surface area contributed by atoms with Crippen LogP contribution in [0.3, 0.4) is 0 Å². The molecule has 112 valence electrons. The topological polar surface area (TPSA) is 60.2 Å². The van der Waals surface area contributed by atoms with Crippen LogP contribution in [-0.4, -0.2) is 30.3 Å². The second kappa shape index (κ2) is 6.03. The maximum absolute atomic E-state index is 5.98. The van der Waals surface area contributed by atoms with E-state index in [2.05, 4.69) is 15.5 Å². The molecule has 6 heteroatoms. The lowest BCUT2D eigenvalue weighted by atomic mass is 10.0. The molecule has 0 spiro atoms. The Morgan fingerprint density at radius 1 is 1.38 bits per heavy atom. The van der Waals surface area contributed by atoms with Gasteiger partial charge in [-0.1, -0.05) is 23.2 Å². The average molecular weight is 308 g/mol.